The largest absolute Gasteiger partial charge is 0.457 e. The molecule has 3 heterocycles. The number of nitrogens with zero attached hydrogens (tertiary/aromatic N) is 5. The third-order valence-electron chi connectivity index (χ3n) is 13.0. The van der Waals surface area contributed by atoms with E-state index in [1.807, 2.05) is 23.7 Å². The van der Waals surface area contributed by atoms with E-state index in [2.05, 4.69) is 10.3 Å². The average Bonchev–Trinajstić information content (AvgIpc) is 3.63. The van der Waals surface area contributed by atoms with Gasteiger partial charge < -0.3 is 39.8 Å². The quantitative estimate of drug-likeness (QED) is 0.168. The summed E-state index contributed by atoms with van der Waals surface area (Å²) in [6.07, 6.45) is 1.19. The van der Waals surface area contributed by atoms with Gasteiger partial charge in [-0.05, 0) is 86.2 Å². The van der Waals surface area contributed by atoms with Gasteiger partial charge in [-0.3, -0.25) is 19.2 Å². The number of aromatic nitrogens is 2. The number of carbonyl (C=O) groups is 4. The number of likely N-dealkylation sites (N-methyl/N-ethyl adjacent to an activating group) is 1. The molecule has 13 nitrogen and oxygen atoms in total. The van der Waals surface area contributed by atoms with Gasteiger partial charge in [0.05, 0.1) is 43.0 Å². The number of methoxy groups -OCH3 is 1. The molecular weight excluding hydrogens is 874 g/mol. The summed E-state index contributed by atoms with van der Waals surface area (Å²) >= 11 is 12.6. The summed E-state index contributed by atoms with van der Waals surface area (Å²) < 4.78 is 58.9. The van der Waals surface area contributed by atoms with Crippen molar-refractivity contribution >= 4 is 46.8 Å². The molecule has 0 radical (unpaired) electrons. The number of alkyl halides is 2. The molecular formula is C46H52Cl2F3N7O6. The molecule has 3 N–H and O–H groups in total. The molecule has 64 heavy (non-hydrogen) atoms. The number of ether oxygens (including phenoxy) is 2. The van der Waals surface area contributed by atoms with Gasteiger partial charge in [-0.25, -0.2) is 18.2 Å². The highest BCUT2D eigenvalue weighted by atomic mass is 35.5. The van der Waals surface area contributed by atoms with Crippen molar-refractivity contribution in [1.82, 2.24) is 29.6 Å². The summed E-state index contributed by atoms with van der Waals surface area (Å²) in [5, 5.41) is 3.29. The minimum Gasteiger partial charge on any atom is -0.457 e. The molecule has 0 unspecified atom stereocenters. The molecule has 18 heteroatoms. The van der Waals surface area contributed by atoms with Gasteiger partial charge >= 0.3 is 0 Å². The van der Waals surface area contributed by atoms with E-state index in [1.165, 1.54) is 20.1 Å². The smallest absolute Gasteiger partial charge is 0.248 e. The summed E-state index contributed by atoms with van der Waals surface area (Å²) in [5.74, 6) is -7.57. The standard InChI is InChI=1S/C46H52Cl2F3N7O6/c1-27-42(60)54-37(25-63-4)44(62)56(3)45(19-28-6-10-31(47)11-7-28)14-5-15-57(26-45)43(61)34(30-20-46(50,51)21-30)18-41(59)58(27)24-35-36(49)16-32(48)17-39(35)64-33-12-8-29(9-13-33)38-23-53-40(22-52)55(38)2/h6-13,16-17,23,27,30,34,37H,5,14-15,18-22,24-26,52H2,1-4H3,(H,54,60)/t27-,34-,37-,45+/m0/s1. The number of fused-ring (bicyclic) bond motifs is 2. The fourth-order valence-electron chi connectivity index (χ4n) is 9.21. The lowest BCUT2D eigenvalue weighted by Gasteiger charge is -2.51. The van der Waals surface area contributed by atoms with Crippen LogP contribution in [0, 0.1) is 17.7 Å². The van der Waals surface area contributed by atoms with Crippen LogP contribution in [0.4, 0.5) is 13.2 Å². The number of rotatable bonds is 11. The number of piperidine rings is 1. The van der Waals surface area contributed by atoms with Crippen LogP contribution in [-0.4, -0.2) is 105 Å². The van der Waals surface area contributed by atoms with E-state index in [1.54, 1.807) is 59.4 Å². The first-order valence-electron chi connectivity index (χ1n) is 21.2. The summed E-state index contributed by atoms with van der Waals surface area (Å²) in [7, 11) is 4.84. The zero-order valence-corrected chi connectivity index (χ0v) is 37.6. The molecule has 0 spiro atoms. The number of carbonyl (C=O) groups excluding carboxylic acids is 4. The van der Waals surface area contributed by atoms with Crippen LogP contribution in [0.1, 0.15) is 56.0 Å². The molecule has 3 aliphatic rings. The Morgan fingerprint density at radius 2 is 1.67 bits per heavy atom. The summed E-state index contributed by atoms with van der Waals surface area (Å²) in [4.78, 5) is 67.1. The van der Waals surface area contributed by atoms with Crippen LogP contribution in [0.2, 0.25) is 10.0 Å². The first-order valence-corrected chi connectivity index (χ1v) is 21.9. The van der Waals surface area contributed by atoms with Crippen LogP contribution >= 0.6 is 23.2 Å². The van der Waals surface area contributed by atoms with E-state index in [-0.39, 0.29) is 42.6 Å². The maximum absolute atomic E-state index is 16.2. The summed E-state index contributed by atoms with van der Waals surface area (Å²) in [5.41, 5.74) is 7.10. The lowest BCUT2D eigenvalue weighted by molar-refractivity contribution is -0.164. The van der Waals surface area contributed by atoms with Gasteiger partial charge in [0.1, 0.15) is 35.2 Å². The number of nitrogens with two attached hydrogens (primary N) is 1. The Labute approximate surface area is 379 Å². The maximum atomic E-state index is 16.2. The molecule has 2 aliphatic heterocycles. The van der Waals surface area contributed by atoms with Crippen molar-refractivity contribution < 1.29 is 41.8 Å². The number of halogens is 5. The number of imidazole rings is 1. The Bertz CT molecular complexity index is 2380. The second kappa shape index (κ2) is 19.1. The van der Waals surface area contributed by atoms with Crippen molar-refractivity contribution in [2.75, 3.05) is 33.9 Å². The highest BCUT2D eigenvalue weighted by molar-refractivity contribution is 6.31. The van der Waals surface area contributed by atoms with E-state index in [9.17, 15) is 28.0 Å². The molecule has 4 atom stereocenters. The fourth-order valence-corrected chi connectivity index (χ4v) is 9.53. The maximum Gasteiger partial charge on any atom is 0.248 e. The molecule has 342 valence electrons. The second-order valence-corrected chi connectivity index (χ2v) is 18.0. The van der Waals surface area contributed by atoms with Crippen LogP contribution in [0.3, 0.4) is 0 Å². The van der Waals surface area contributed by atoms with Crippen LogP contribution in [0.25, 0.3) is 11.3 Å². The fraction of sp³-hybridized carbons (Fsp3) is 0.457. The Kier molecular flexibility index (Phi) is 14.0. The first kappa shape index (κ1) is 46.8. The van der Waals surface area contributed by atoms with E-state index in [0.717, 1.165) is 27.8 Å². The number of amides is 4. The van der Waals surface area contributed by atoms with Crippen LogP contribution in [-0.2, 0) is 50.5 Å². The van der Waals surface area contributed by atoms with Gasteiger partial charge in [0, 0.05) is 74.7 Å². The third-order valence-corrected chi connectivity index (χ3v) is 13.4. The van der Waals surface area contributed by atoms with Gasteiger partial charge in [-0.1, -0.05) is 35.3 Å². The molecule has 1 aromatic heterocycles. The number of nitrogens with one attached hydrogen (secondary N) is 1. The lowest BCUT2D eigenvalue weighted by Crippen LogP contribution is -2.66. The van der Waals surface area contributed by atoms with Crippen molar-refractivity contribution in [3.63, 3.8) is 0 Å². The van der Waals surface area contributed by atoms with Gasteiger partial charge in [0.2, 0.25) is 29.6 Å². The van der Waals surface area contributed by atoms with Crippen molar-refractivity contribution in [2.45, 2.75) is 82.1 Å². The first-order chi connectivity index (χ1) is 30.4. The Hall–Kier alpha value is -5.16. The van der Waals surface area contributed by atoms with Crippen molar-refractivity contribution in [3.05, 3.63) is 99.7 Å². The number of hydrogen-bond acceptors (Lipinski definition) is 8. The summed E-state index contributed by atoms with van der Waals surface area (Å²) in [6, 6.07) is 13.8. The SMILES string of the molecule is COC[C@@H]1NC(=O)[C@H](C)N(Cc2c(F)cc(Cl)cc2Oc2ccc(-c3cnc(CN)n3C)cc2)C(=O)C[C@@H](C2CC(F)(F)C2)C(=O)N2CCC[C@@](Cc3ccc(Cl)cc3)(C2)N(C)C1=O. The van der Waals surface area contributed by atoms with E-state index in [0.29, 0.717) is 35.9 Å². The minimum atomic E-state index is -3.02. The molecule has 7 rings (SSSR count). The predicted molar refractivity (Wildman–Crippen MR) is 234 cm³/mol. The molecule has 4 amide bonds. The van der Waals surface area contributed by atoms with Crippen LogP contribution in [0.5, 0.6) is 11.5 Å². The minimum absolute atomic E-state index is 0.00882. The highest BCUT2D eigenvalue weighted by Gasteiger charge is 2.53. The van der Waals surface area contributed by atoms with Crippen LogP contribution in [0.15, 0.2) is 66.9 Å². The topological polar surface area (TPSA) is 152 Å². The second-order valence-electron chi connectivity index (χ2n) is 17.2. The zero-order chi connectivity index (χ0) is 46.1. The molecule has 1 aliphatic carbocycles. The number of hydrogen-bond donors (Lipinski definition) is 2. The van der Waals surface area contributed by atoms with Crippen LogP contribution < -0.4 is 15.8 Å². The zero-order valence-electron chi connectivity index (χ0n) is 36.1. The highest BCUT2D eigenvalue weighted by Crippen LogP contribution is 2.48. The van der Waals surface area contributed by atoms with Crippen molar-refractivity contribution in [1.29, 1.82) is 0 Å². The lowest BCUT2D eigenvalue weighted by atomic mass is 9.70. The number of benzene rings is 3. The molecule has 2 saturated heterocycles. The van der Waals surface area contributed by atoms with Gasteiger partial charge in [0.15, 0.2) is 0 Å². The Morgan fingerprint density at radius 1 is 0.969 bits per heavy atom. The van der Waals surface area contributed by atoms with Gasteiger partial charge in [0.25, 0.3) is 0 Å². The molecule has 3 aromatic carbocycles. The van der Waals surface area contributed by atoms with Crippen molar-refractivity contribution in [2.24, 2.45) is 24.6 Å². The average molecular weight is 927 g/mol. The third kappa shape index (κ3) is 9.89. The van der Waals surface area contributed by atoms with E-state index < -0.39 is 90.6 Å². The molecule has 1 saturated carbocycles. The molecule has 2 bridgehead atoms. The van der Waals surface area contributed by atoms with E-state index >= 15 is 4.39 Å². The van der Waals surface area contributed by atoms with Gasteiger partial charge in [-0.2, -0.15) is 0 Å². The Morgan fingerprint density at radius 3 is 2.31 bits per heavy atom. The van der Waals surface area contributed by atoms with Crippen molar-refractivity contribution in [3.8, 4) is 22.8 Å². The monoisotopic (exact) mass is 925 g/mol. The summed E-state index contributed by atoms with van der Waals surface area (Å²) in [6.45, 7) is 1.18. The molecule has 4 aromatic rings. The predicted octanol–water partition coefficient (Wildman–Crippen LogP) is 6.76. The Balaban J connectivity index is 1.25. The van der Waals surface area contributed by atoms with Gasteiger partial charge in [-0.15, -0.1) is 0 Å². The molecule has 3 fully saturated rings. The van der Waals surface area contributed by atoms with E-state index in [4.69, 9.17) is 38.4 Å². The normalized spacial score (nSPS) is 23.5.